The van der Waals surface area contributed by atoms with Crippen LogP contribution in [0.3, 0.4) is 0 Å². The highest BCUT2D eigenvalue weighted by Gasteiger charge is 2.31. The van der Waals surface area contributed by atoms with Crippen LogP contribution in [0.25, 0.3) is 0 Å². The fourth-order valence-electron chi connectivity index (χ4n) is 2.96. The summed E-state index contributed by atoms with van der Waals surface area (Å²) in [4.78, 5) is 0. The first kappa shape index (κ1) is 21.2. The Balaban J connectivity index is 0.000000293. The highest BCUT2D eigenvalue weighted by Crippen LogP contribution is 2.39. The van der Waals surface area contributed by atoms with E-state index in [0.29, 0.717) is 11.5 Å². The monoisotopic (exact) mass is 340 g/mol. The minimum Gasteiger partial charge on any atom is -0.234 e. The summed E-state index contributed by atoms with van der Waals surface area (Å²) in [6.07, 6.45) is 1.14. The van der Waals surface area contributed by atoms with Crippen LogP contribution in [0.2, 0.25) is 0 Å². The molecule has 0 saturated heterocycles. The highest BCUT2D eigenvalue weighted by atomic mass is 19.1. The number of alkyl halides is 1. The molecule has 136 valence electrons. The van der Waals surface area contributed by atoms with Crippen molar-refractivity contribution in [3.05, 3.63) is 82.4 Å². The number of hydrogen-bond acceptors (Lipinski definition) is 0. The predicted octanol–water partition coefficient (Wildman–Crippen LogP) is 7.44. The van der Waals surface area contributed by atoms with Gasteiger partial charge < -0.3 is 0 Å². The number of benzene rings is 2. The molecule has 0 saturated carbocycles. The Morgan fingerprint density at radius 2 is 1.72 bits per heavy atom. The zero-order valence-electron chi connectivity index (χ0n) is 16.9. The van der Waals surface area contributed by atoms with E-state index in [1.165, 1.54) is 11.1 Å². The molecule has 1 unspecified atom stereocenters. The van der Waals surface area contributed by atoms with Gasteiger partial charge in [-0.05, 0) is 67.9 Å². The van der Waals surface area contributed by atoms with Gasteiger partial charge >= 0.3 is 0 Å². The minimum atomic E-state index is -1.44. The van der Waals surface area contributed by atoms with Crippen molar-refractivity contribution >= 4 is 0 Å². The second-order valence-electron chi connectivity index (χ2n) is 7.32. The second-order valence-corrected chi connectivity index (χ2v) is 7.32. The molecule has 0 N–H and O–H groups in total. The molecule has 25 heavy (non-hydrogen) atoms. The maximum absolute atomic E-state index is 14.7. The molecular formula is C24H33F. The van der Waals surface area contributed by atoms with Gasteiger partial charge in [0.05, 0.1) is 0 Å². The van der Waals surface area contributed by atoms with Gasteiger partial charge in [0.2, 0.25) is 0 Å². The Kier molecular flexibility index (Phi) is 7.60. The van der Waals surface area contributed by atoms with Gasteiger partial charge in [-0.3, -0.25) is 0 Å². The van der Waals surface area contributed by atoms with Gasteiger partial charge in [-0.1, -0.05) is 75.4 Å². The molecule has 2 aromatic carbocycles. The Morgan fingerprint density at radius 1 is 1.12 bits per heavy atom. The number of rotatable bonds is 4. The van der Waals surface area contributed by atoms with Crippen molar-refractivity contribution < 1.29 is 4.39 Å². The summed E-state index contributed by atoms with van der Waals surface area (Å²) in [6, 6.07) is 14.6. The van der Waals surface area contributed by atoms with Crippen LogP contribution in [-0.4, -0.2) is 0 Å². The first-order chi connectivity index (χ1) is 11.6. The van der Waals surface area contributed by atoms with Crippen LogP contribution >= 0.6 is 0 Å². The second kappa shape index (κ2) is 8.99. The lowest BCUT2D eigenvalue weighted by Gasteiger charge is -2.27. The van der Waals surface area contributed by atoms with E-state index in [4.69, 9.17) is 0 Å². The van der Waals surface area contributed by atoms with Gasteiger partial charge in [0.15, 0.2) is 5.67 Å². The third-order valence-corrected chi connectivity index (χ3v) is 4.69. The van der Waals surface area contributed by atoms with Crippen molar-refractivity contribution in [2.75, 3.05) is 0 Å². The first-order valence-corrected chi connectivity index (χ1v) is 9.11. The lowest BCUT2D eigenvalue weighted by Crippen LogP contribution is -2.20. The van der Waals surface area contributed by atoms with Crippen molar-refractivity contribution in [3.63, 3.8) is 0 Å². The Bertz CT molecular complexity index is 708. The van der Waals surface area contributed by atoms with E-state index in [1.807, 2.05) is 25.1 Å². The van der Waals surface area contributed by atoms with Gasteiger partial charge in [0, 0.05) is 0 Å². The van der Waals surface area contributed by atoms with E-state index >= 15 is 0 Å². The van der Waals surface area contributed by atoms with Crippen molar-refractivity contribution in [2.45, 2.75) is 66.5 Å². The summed E-state index contributed by atoms with van der Waals surface area (Å²) in [5.41, 5.74) is 4.77. The number of halogens is 1. The molecule has 0 radical (unpaired) electrons. The summed E-state index contributed by atoms with van der Waals surface area (Å²) < 4.78 is 14.7. The van der Waals surface area contributed by atoms with Crippen LogP contribution in [0.15, 0.2) is 54.6 Å². The molecule has 0 amide bonds. The lowest BCUT2D eigenvalue weighted by atomic mass is 9.82. The van der Waals surface area contributed by atoms with E-state index in [0.717, 1.165) is 23.1 Å². The van der Waals surface area contributed by atoms with Gasteiger partial charge in [0.1, 0.15) is 0 Å². The normalized spacial score (nSPS) is 13.0. The van der Waals surface area contributed by atoms with Crippen LogP contribution in [0.5, 0.6) is 0 Å². The number of aryl methyl sites for hydroxylation is 3. The highest BCUT2D eigenvalue weighted by molar-refractivity contribution is 5.44. The average Bonchev–Trinajstić information content (AvgIpc) is 2.54. The molecular weight excluding hydrogens is 307 g/mol. The molecule has 0 aliphatic carbocycles. The van der Waals surface area contributed by atoms with Crippen LogP contribution < -0.4 is 0 Å². The molecule has 1 atom stereocenters. The number of allylic oxidation sites excluding steroid dienone is 1. The van der Waals surface area contributed by atoms with Crippen molar-refractivity contribution in [3.8, 4) is 0 Å². The summed E-state index contributed by atoms with van der Waals surface area (Å²) in [5.74, 6) is 0.323. The van der Waals surface area contributed by atoms with Crippen LogP contribution in [0, 0.1) is 13.8 Å². The molecule has 0 aromatic heterocycles. The molecule has 0 aliphatic heterocycles. The smallest absolute Gasteiger partial charge is 0.154 e. The zero-order valence-corrected chi connectivity index (χ0v) is 16.9. The minimum absolute atomic E-state index is 0.323. The van der Waals surface area contributed by atoms with Crippen LogP contribution in [0.4, 0.5) is 4.39 Å². The fourth-order valence-corrected chi connectivity index (χ4v) is 2.96. The molecule has 1 heteroatoms. The maximum atomic E-state index is 14.7. The fraction of sp³-hybridized carbons (Fsp3) is 0.417. The summed E-state index contributed by atoms with van der Waals surface area (Å²) in [6.45, 7) is 17.6. The average molecular weight is 341 g/mol. The van der Waals surface area contributed by atoms with E-state index < -0.39 is 5.67 Å². The van der Waals surface area contributed by atoms with Crippen molar-refractivity contribution in [1.82, 2.24) is 0 Å². The third-order valence-electron chi connectivity index (χ3n) is 4.69. The van der Waals surface area contributed by atoms with Crippen molar-refractivity contribution in [2.24, 2.45) is 0 Å². The predicted molar refractivity (Wildman–Crippen MR) is 109 cm³/mol. The van der Waals surface area contributed by atoms with Crippen LogP contribution in [-0.2, 0) is 12.1 Å². The molecule has 2 aromatic rings. The first-order valence-electron chi connectivity index (χ1n) is 9.11. The molecule has 0 heterocycles. The van der Waals surface area contributed by atoms with Gasteiger partial charge in [-0.25, -0.2) is 4.39 Å². The van der Waals surface area contributed by atoms with E-state index in [-0.39, 0.29) is 0 Å². The van der Waals surface area contributed by atoms with E-state index in [9.17, 15) is 4.39 Å². The van der Waals surface area contributed by atoms with Gasteiger partial charge in [0.25, 0.3) is 0 Å². The van der Waals surface area contributed by atoms with Crippen LogP contribution in [0.1, 0.15) is 68.4 Å². The molecule has 0 aliphatic rings. The Hall–Kier alpha value is -1.89. The summed E-state index contributed by atoms with van der Waals surface area (Å²) >= 11 is 0. The summed E-state index contributed by atoms with van der Waals surface area (Å²) in [5, 5.41) is 0. The number of hydrogen-bond donors (Lipinski definition) is 0. The molecule has 2 rings (SSSR count). The van der Waals surface area contributed by atoms with Gasteiger partial charge in [-0.2, -0.15) is 0 Å². The SMILES string of the molecule is C=C(C)C(C)(F)c1c(C)cccc1C(C)C.CCc1cccc(C)c1. The Labute approximate surface area is 153 Å². The standard InChI is InChI=1S/C15H21F.C9H12/c1-10(2)13-9-7-8-12(5)14(13)15(6,16)11(3)4;1-3-9-6-4-5-8(2)7-9/h7-10H,3H2,1-2,4-6H3;4-7H,3H2,1-2H3. The molecule has 0 nitrogen and oxygen atoms in total. The zero-order chi connectivity index (χ0) is 19.2. The van der Waals surface area contributed by atoms with Crippen molar-refractivity contribution in [1.29, 1.82) is 0 Å². The van der Waals surface area contributed by atoms with E-state index in [2.05, 4.69) is 58.5 Å². The maximum Gasteiger partial charge on any atom is 0.154 e. The van der Waals surface area contributed by atoms with Gasteiger partial charge in [-0.15, -0.1) is 0 Å². The molecule has 0 spiro atoms. The molecule has 0 fully saturated rings. The summed E-state index contributed by atoms with van der Waals surface area (Å²) in [7, 11) is 0. The molecule has 0 bridgehead atoms. The topological polar surface area (TPSA) is 0 Å². The van der Waals surface area contributed by atoms with E-state index in [1.54, 1.807) is 13.8 Å². The lowest BCUT2D eigenvalue weighted by molar-refractivity contribution is 0.242. The largest absolute Gasteiger partial charge is 0.234 e. The third kappa shape index (κ3) is 5.56. The quantitative estimate of drug-likeness (QED) is 0.507. The Morgan fingerprint density at radius 3 is 2.16 bits per heavy atom.